The van der Waals surface area contributed by atoms with E-state index in [1.54, 1.807) is 12.1 Å². The van der Waals surface area contributed by atoms with E-state index in [4.69, 9.17) is 5.11 Å². The molecule has 0 aromatic heterocycles. The molecule has 1 aromatic rings. The molecule has 6 heteroatoms. The maximum Gasteiger partial charge on any atom is 0.322 e. The lowest BCUT2D eigenvalue weighted by Crippen LogP contribution is -2.29. The van der Waals surface area contributed by atoms with Crippen LogP contribution in [-0.2, 0) is 9.59 Å². The average molecular weight is 292 g/mol. The molecule has 0 heterocycles. The standard InChI is InChI=1S/C15H20N2O4/c18-13(17-11-14(19)20)9-5-2-6-10-16-15(21)12-7-3-1-4-8-12/h1,3-4,7-8H,2,5-6,9-11H2,(H,16,21)(H,17,18)(H,19,20). The molecule has 1 rings (SSSR count). The molecule has 3 N–H and O–H groups in total. The summed E-state index contributed by atoms with van der Waals surface area (Å²) in [5, 5.41) is 13.5. The van der Waals surface area contributed by atoms with Crippen molar-refractivity contribution >= 4 is 17.8 Å². The molecule has 21 heavy (non-hydrogen) atoms. The van der Waals surface area contributed by atoms with Crippen molar-refractivity contribution in [3.05, 3.63) is 35.9 Å². The lowest BCUT2D eigenvalue weighted by molar-refractivity contribution is -0.137. The van der Waals surface area contributed by atoms with Gasteiger partial charge in [-0.3, -0.25) is 14.4 Å². The minimum Gasteiger partial charge on any atom is -0.480 e. The van der Waals surface area contributed by atoms with Gasteiger partial charge in [0.15, 0.2) is 0 Å². The summed E-state index contributed by atoms with van der Waals surface area (Å²) < 4.78 is 0. The van der Waals surface area contributed by atoms with E-state index >= 15 is 0 Å². The first-order valence-electron chi connectivity index (χ1n) is 6.91. The highest BCUT2D eigenvalue weighted by Gasteiger charge is 2.04. The largest absolute Gasteiger partial charge is 0.480 e. The molecule has 2 amide bonds. The van der Waals surface area contributed by atoms with Crippen molar-refractivity contribution in [1.29, 1.82) is 0 Å². The Bertz CT molecular complexity index is 474. The van der Waals surface area contributed by atoms with E-state index in [0.717, 1.165) is 12.8 Å². The van der Waals surface area contributed by atoms with E-state index in [9.17, 15) is 14.4 Å². The summed E-state index contributed by atoms with van der Waals surface area (Å²) in [6.45, 7) is 0.219. The van der Waals surface area contributed by atoms with Gasteiger partial charge in [-0.15, -0.1) is 0 Å². The predicted octanol–water partition coefficient (Wildman–Crippen LogP) is 1.18. The molecule has 0 atom stereocenters. The molecule has 0 aliphatic heterocycles. The zero-order chi connectivity index (χ0) is 15.5. The van der Waals surface area contributed by atoms with Gasteiger partial charge < -0.3 is 15.7 Å². The summed E-state index contributed by atoms with van der Waals surface area (Å²) in [4.78, 5) is 33.2. The third-order valence-corrected chi connectivity index (χ3v) is 2.84. The van der Waals surface area contributed by atoms with E-state index in [1.807, 2.05) is 18.2 Å². The lowest BCUT2D eigenvalue weighted by Gasteiger charge is -2.05. The van der Waals surface area contributed by atoms with Gasteiger partial charge in [0.05, 0.1) is 0 Å². The summed E-state index contributed by atoms with van der Waals surface area (Å²) in [6.07, 6.45) is 2.56. The fourth-order valence-electron chi connectivity index (χ4n) is 1.74. The van der Waals surface area contributed by atoms with Crippen LogP contribution >= 0.6 is 0 Å². The summed E-state index contributed by atoms with van der Waals surface area (Å²) in [6, 6.07) is 8.98. The predicted molar refractivity (Wildman–Crippen MR) is 77.9 cm³/mol. The third-order valence-electron chi connectivity index (χ3n) is 2.84. The van der Waals surface area contributed by atoms with Crippen LogP contribution in [0.4, 0.5) is 0 Å². The number of amides is 2. The highest BCUT2D eigenvalue weighted by atomic mass is 16.4. The molecular weight excluding hydrogens is 272 g/mol. The first kappa shape index (κ1) is 16.7. The minimum absolute atomic E-state index is 0.102. The van der Waals surface area contributed by atoms with E-state index in [0.29, 0.717) is 24.9 Å². The Morgan fingerprint density at radius 3 is 2.33 bits per heavy atom. The van der Waals surface area contributed by atoms with Gasteiger partial charge in [-0.2, -0.15) is 0 Å². The summed E-state index contributed by atoms with van der Waals surface area (Å²) in [5.74, 6) is -1.41. The number of carboxylic acid groups (broad SMARTS) is 1. The number of rotatable bonds is 9. The Morgan fingerprint density at radius 1 is 0.952 bits per heavy atom. The molecule has 0 bridgehead atoms. The maximum absolute atomic E-state index is 11.7. The van der Waals surface area contributed by atoms with Crippen LogP contribution in [0.5, 0.6) is 0 Å². The van der Waals surface area contributed by atoms with Crippen molar-refractivity contribution in [3.63, 3.8) is 0 Å². The highest BCUT2D eigenvalue weighted by Crippen LogP contribution is 2.01. The van der Waals surface area contributed by atoms with Crippen LogP contribution in [0.3, 0.4) is 0 Å². The average Bonchev–Trinajstić information content (AvgIpc) is 2.49. The molecule has 114 valence electrons. The van der Waals surface area contributed by atoms with Crippen molar-refractivity contribution in [2.75, 3.05) is 13.1 Å². The highest BCUT2D eigenvalue weighted by molar-refractivity contribution is 5.94. The Kier molecular flexibility index (Phi) is 7.56. The van der Waals surface area contributed by atoms with Crippen LogP contribution in [0, 0.1) is 0 Å². The monoisotopic (exact) mass is 292 g/mol. The third kappa shape index (κ3) is 7.71. The van der Waals surface area contributed by atoms with Crippen LogP contribution in [-0.4, -0.2) is 36.0 Å². The second kappa shape index (κ2) is 9.52. The van der Waals surface area contributed by atoms with E-state index in [1.165, 1.54) is 0 Å². The fraction of sp³-hybridized carbons (Fsp3) is 0.400. The summed E-state index contributed by atoms with van der Waals surface area (Å²) in [5.41, 5.74) is 0.630. The van der Waals surface area contributed by atoms with Gasteiger partial charge in [-0.05, 0) is 25.0 Å². The van der Waals surface area contributed by atoms with E-state index < -0.39 is 5.97 Å². The molecule has 6 nitrogen and oxygen atoms in total. The normalized spacial score (nSPS) is 9.90. The molecule has 0 radical (unpaired) electrons. The molecule has 0 aliphatic carbocycles. The summed E-state index contributed by atoms with van der Waals surface area (Å²) in [7, 11) is 0. The number of hydrogen-bond donors (Lipinski definition) is 3. The number of benzene rings is 1. The molecule has 1 aromatic carbocycles. The Morgan fingerprint density at radius 2 is 1.67 bits per heavy atom. The Hall–Kier alpha value is -2.37. The van der Waals surface area contributed by atoms with Crippen molar-refractivity contribution in [2.45, 2.75) is 25.7 Å². The molecule has 0 fully saturated rings. The van der Waals surface area contributed by atoms with Gasteiger partial charge in [0.1, 0.15) is 6.54 Å². The first-order valence-corrected chi connectivity index (χ1v) is 6.91. The quantitative estimate of drug-likeness (QED) is 0.595. The zero-order valence-electron chi connectivity index (χ0n) is 11.8. The molecule has 0 spiro atoms. The number of carbonyl (C=O) groups is 3. The van der Waals surface area contributed by atoms with Crippen LogP contribution in [0.15, 0.2) is 30.3 Å². The number of aliphatic carboxylic acids is 1. The van der Waals surface area contributed by atoms with Crippen LogP contribution in [0.1, 0.15) is 36.0 Å². The molecular formula is C15H20N2O4. The fourth-order valence-corrected chi connectivity index (χ4v) is 1.74. The van der Waals surface area contributed by atoms with Crippen LogP contribution < -0.4 is 10.6 Å². The SMILES string of the molecule is O=C(O)CNC(=O)CCCCCNC(=O)c1ccccc1. The Balaban J connectivity index is 2.03. The first-order chi connectivity index (χ1) is 10.1. The van der Waals surface area contributed by atoms with Crippen LogP contribution in [0.25, 0.3) is 0 Å². The molecule has 0 saturated heterocycles. The van der Waals surface area contributed by atoms with E-state index in [2.05, 4.69) is 10.6 Å². The second-order valence-electron chi connectivity index (χ2n) is 4.60. The summed E-state index contributed by atoms with van der Waals surface area (Å²) >= 11 is 0. The van der Waals surface area contributed by atoms with Gasteiger partial charge in [0, 0.05) is 18.5 Å². The van der Waals surface area contributed by atoms with Crippen molar-refractivity contribution in [3.8, 4) is 0 Å². The van der Waals surface area contributed by atoms with Gasteiger partial charge in [-0.1, -0.05) is 24.6 Å². The second-order valence-corrected chi connectivity index (χ2v) is 4.60. The van der Waals surface area contributed by atoms with Gasteiger partial charge in [0.2, 0.25) is 5.91 Å². The number of hydrogen-bond acceptors (Lipinski definition) is 3. The van der Waals surface area contributed by atoms with Crippen molar-refractivity contribution in [1.82, 2.24) is 10.6 Å². The minimum atomic E-state index is -1.05. The Labute approximate surface area is 123 Å². The van der Waals surface area contributed by atoms with Gasteiger partial charge in [-0.25, -0.2) is 0 Å². The number of unbranched alkanes of at least 4 members (excludes halogenated alkanes) is 2. The van der Waals surface area contributed by atoms with E-state index in [-0.39, 0.29) is 18.4 Å². The molecule has 0 unspecified atom stereocenters. The smallest absolute Gasteiger partial charge is 0.322 e. The number of nitrogens with one attached hydrogen (secondary N) is 2. The molecule has 0 saturated carbocycles. The number of carbonyl (C=O) groups excluding carboxylic acids is 2. The maximum atomic E-state index is 11.7. The van der Waals surface area contributed by atoms with Crippen molar-refractivity contribution < 1.29 is 19.5 Å². The van der Waals surface area contributed by atoms with Gasteiger partial charge >= 0.3 is 5.97 Å². The number of carboxylic acids is 1. The van der Waals surface area contributed by atoms with Crippen LogP contribution in [0.2, 0.25) is 0 Å². The molecule has 0 aliphatic rings. The van der Waals surface area contributed by atoms with Gasteiger partial charge in [0.25, 0.3) is 5.91 Å². The zero-order valence-corrected chi connectivity index (χ0v) is 11.8. The topological polar surface area (TPSA) is 95.5 Å². The van der Waals surface area contributed by atoms with Crippen molar-refractivity contribution in [2.24, 2.45) is 0 Å². The lowest BCUT2D eigenvalue weighted by atomic mass is 10.1.